The normalized spacial score (nSPS) is 15.5. The van der Waals surface area contributed by atoms with E-state index in [1.807, 2.05) is 44.2 Å². The van der Waals surface area contributed by atoms with Crippen LogP contribution in [0.3, 0.4) is 0 Å². The van der Waals surface area contributed by atoms with Crippen LogP contribution in [0.25, 0.3) is 0 Å². The lowest BCUT2D eigenvalue weighted by atomic mass is 10.1. The lowest BCUT2D eigenvalue weighted by Gasteiger charge is -2.31. The summed E-state index contributed by atoms with van der Waals surface area (Å²) in [5.41, 5.74) is 5.58. The molecule has 5 nitrogen and oxygen atoms in total. The Morgan fingerprint density at radius 1 is 1.17 bits per heavy atom. The number of nitrogens with two attached hydrogens (primary N) is 1. The van der Waals surface area contributed by atoms with Crippen LogP contribution >= 0.6 is 12.4 Å². The molecule has 0 spiro atoms. The molecule has 0 saturated carbocycles. The van der Waals surface area contributed by atoms with Crippen LogP contribution in [0.5, 0.6) is 5.75 Å². The van der Waals surface area contributed by atoms with Crippen molar-refractivity contribution in [3.05, 3.63) is 30.3 Å². The Morgan fingerprint density at radius 2 is 1.79 bits per heavy atom. The molecule has 4 atom stereocenters. The van der Waals surface area contributed by atoms with Crippen LogP contribution in [0.1, 0.15) is 40.5 Å². The molecule has 24 heavy (non-hydrogen) atoms. The van der Waals surface area contributed by atoms with Crippen LogP contribution in [-0.4, -0.2) is 36.9 Å². The number of hydrogen-bond acceptors (Lipinski definition) is 5. The van der Waals surface area contributed by atoms with Crippen molar-refractivity contribution in [2.75, 3.05) is 6.61 Å². The van der Waals surface area contributed by atoms with Crippen molar-refractivity contribution >= 4 is 18.4 Å². The molecular weight excluding hydrogens is 330 g/mol. The van der Waals surface area contributed by atoms with E-state index < -0.39 is 24.2 Å². The maximum Gasteiger partial charge on any atom is 0.323 e. The summed E-state index contributed by atoms with van der Waals surface area (Å²) < 4.78 is 17.4. The predicted molar refractivity (Wildman–Crippen MR) is 97.6 cm³/mol. The zero-order valence-corrected chi connectivity index (χ0v) is 15.8. The van der Waals surface area contributed by atoms with Crippen molar-refractivity contribution in [1.29, 1.82) is 0 Å². The molecule has 0 aromatic heterocycles. The summed E-state index contributed by atoms with van der Waals surface area (Å²) in [6, 6.07) is 8.81. The average Bonchev–Trinajstić information content (AvgIpc) is 2.55. The summed E-state index contributed by atoms with van der Waals surface area (Å²) >= 11 is 0. The lowest BCUT2D eigenvalue weighted by Crippen LogP contribution is -2.46. The average molecular weight is 360 g/mol. The van der Waals surface area contributed by atoms with Gasteiger partial charge in [-0.2, -0.15) is 0 Å². The molecule has 6 heteroatoms. The number of carbonyl (C=O) groups excluding carboxylic acids is 1. The van der Waals surface area contributed by atoms with E-state index in [1.54, 1.807) is 6.92 Å². The van der Waals surface area contributed by atoms with Crippen molar-refractivity contribution in [3.63, 3.8) is 0 Å². The SMILES string of the molecule is CCCO[C@@H](CC)[C@@H](Oc1ccccc1)[C@H](C)OC(=O)[C@@H](C)N.Cl. The van der Waals surface area contributed by atoms with E-state index in [9.17, 15) is 4.79 Å². The van der Waals surface area contributed by atoms with E-state index in [0.29, 0.717) is 6.61 Å². The minimum absolute atomic E-state index is 0. The van der Waals surface area contributed by atoms with E-state index in [1.165, 1.54) is 0 Å². The first-order valence-corrected chi connectivity index (χ1v) is 8.28. The van der Waals surface area contributed by atoms with E-state index in [4.69, 9.17) is 19.9 Å². The van der Waals surface area contributed by atoms with Crippen LogP contribution in [0, 0.1) is 0 Å². The van der Waals surface area contributed by atoms with Gasteiger partial charge in [-0.1, -0.05) is 32.0 Å². The van der Waals surface area contributed by atoms with E-state index in [-0.39, 0.29) is 18.5 Å². The number of carbonyl (C=O) groups is 1. The Kier molecular flexibility index (Phi) is 11.5. The number of halogens is 1. The highest BCUT2D eigenvalue weighted by Gasteiger charge is 2.31. The molecule has 1 rings (SSSR count). The Labute approximate surface area is 151 Å². The molecule has 138 valence electrons. The maximum atomic E-state index is 11.8. The van der Waals surface area contributed by atoms with Crippen molar-refractivity contribution in [1.82, 2.24) is 0 Å². The molecule has 2 N–H and O–H groups in total. The standard InChI is InChI=1S/C18H29NO4.ClH/c1-5-12-21-16(6-2)17(14(4)22-18(20)13(3)19)23-15-10-8-7-9-11-15;/h7-11,13-14,16-17H,5-6,12,19H2,1-4H3;1H/t13-,14+,16+,17+;/m1./s1. The Bertz CT molecular complexity index is 456. The molecule has 0 fully saturated rings. The van der Waals surface area contributed by atoms with E-state index in [2.05, 4.69) is 6.92 Å². The highest BCUT2D eigenvalue weighted by atomic mass is 35.5. The highest BCUT2D eigenvalue weighted by molar-refractivity contribution is 5.85. The molecule has 0 aliphatic heterocycles. The van der Waals surface area contributed by atoms with Gasteiger partial charge >= 0.3 is 5.97 Å². The molecule has 0 amide bonds. The Hall–Kier alpha value is -1.30. The van der Waals surface area contributed by atoms with Gasteiger partial charge in [0.25, 0.3) is 0 Å². The Morgan fingerprint density at radius 3 is 2.29 bits per heavy atom. The first-order chi connectivity index (χ1) is 11.0. The van der Waals surface area contributed by atoms with Crippen LogP contribution in [0.2, 0.25) is 0 Å². The monoisotopic (exact) mass is 359 g/mol. The van der Waals surface area contributed by atoms with Gasteiger partial charge in [0, 0.05) is 6.61 Å². The fraction of sp³-hybridized carbons (Fsp3) is 0.611. The second-order valence-corrected chi connectivity index (χ2v) is 5.64. The number of para-hydroxylation sites is 1. The third-order valence-corrected chi connectivity index (χ3v) is 3.46. The van der Waals surface area contributed by atoms with Crippen LogP contribution in [-0.2, 0) is 14.3 Å². The molecule has 0 unspecified atom stereocenters. The molecule has 0 aliphatic carbocycles. The molecule has 0 radical (unpaired) electrons. The quantitative estimate of drug-likeness (QED) is 0.649. The number of benzene rings is 1. The van der Waals surface area contributed by atoms with Crippen LogP contribution in [0.15, 0.2) is 30.3 Å². The van der Waals surface area contributed by atoms with Gasteiger partial charge in [-0.05, 0) is 38.8 Å². The van der Waals surface area contributed by atoms with Gasteiger partial charge < -0.3 is 19.9 Å². The van der Waals surface area contributed by atoms with Gasteiger partial charge in [-0.25, -0.2) is 0 Å². The molecule has 1 aromatic carbocycles. The van der Waals surface area contributed by atoms with Gasteiger partial charge in [-0.15, -0.1) is 12.4 Å². The number of hydrogen-bond donors (Lipinski definition) is 1. The van der Waals surface area contributed by atoms with Gasteiger partial charge in [0.15, 0.2) is 6.10 Å². The third-order valence-electron chi connectivity index (χ3n) is 3.46. The minimum atomic E-state index is -0.661. The fourth-order valence-electron chi connectivity index (χ4n) is 2.20. The first kappa shape index (κ1) is 22.7. The van der Waals surface area contributed by atoms with Crippen molar-refractivity contribution in [2.45, 2.75) is 64.9 Å². The summed E-state index contributed by atoms with van der Waals surface area (Å²) in [5.74, 6) is 0.282. The van der Waals surface area contributed by atoms with Gasteiger partial charge in [-0.3, -0.25) is 4.79 Å². The minimum Gasteiger partial charge on any atom is -0.484 e. The van der Waals surface area contributed by atoms with E-state index in [0.717, 1.165) is 18.6 Å². The van der Waals surface area contributed by atoms with Crippen molar-refractivity contribution in [2.24, 2.45) is 5.73 Å². The van der Waals surface area contributed by atoms with Crippen molar-refractivity contribution in [3.8, 4) is 5.75 Å². The smallest absolute Gasteiger partial charge is 0.323 e. The molecule has 0 aliphatic rings. The van der Waals surface area contributed by atoms with Crippen LogP contribution < -0.4 is 10.5 Å². The summed E-state index contributed by atoms with van der Waals surface area (Å²) in [7, 11) is 0. The summed E-state index contributed by atoms with van der Waals surface area (Å²) in [5, 5.41) is 0. The summed E-state index contributed by atoms with van der Waals surface area (Å²) in [6.07, 6.45) is 0.665. The Balaban J connectivity index is 0.00000529. The van der Waals surface area contributed by atoms with E-state index >= 15 is 0 Å². The third kappa shape index (κ3) is 7.51. The van der Waals surface area contributed by atoms with Gasteiger partial charge in [0.1, 0.15) is 17.9 Å². The number of rotatable bonds is 10. The summed E-state index contributed by atoms with van der Waals surface area (Å²) in [4.78, 5) is 11.8. The second-order valence-electron chi connectivity index (χ2n) is 5.64. The first-order valence-electron chi connectivity index (χ1n) is 8.28. The maximum absolute atomic E-state index is 11.8. The van der Waals surface area contributed by atoms with Gasteiger partial charge in [0.05, 0.1) is 6.10 Å². The molecule has 1 aromatic rings. The lowest BCUT2D eigenvalue weighted by molar-refractivity contribution is -0.159. The number of ether oxygens (including phenoxy) is 3. The van der Waals surface area contributed by atoms with Gasteiger partial charge in [0.2, 0.25) is 0 Å². The molecule has 0 heterocycles. The van der Waals surface area contributed by atoms with Crippen molar-refractivity contribution < 1.29 is 19.0 Å². The molecule has 0 saturated heterocycles. The molecular formula is C18H30ClNO4. The summed E-state index contributed by atoms with van der Waals surface area (Å²) in [6.45, 7) is 8.14. The largest absolute Gasteiger partial charge is 0.484 e. The zero-order valence-electron chi connectivity index (χ0n) is 14.9. The molecule has 0 bridgehead atoms. The predicted octanol–water partition coefficient (Wildman–Crippen LogP) is 3.34. The second kappa shape index (κ2) is 12.1. The zero-order chi connectivity index (χ0) is 17.2. The fourth-order valence-corrected chi connectivity index (χ4v) is 2.20. The highest BCUT2D eigenvalue weighted by Crippen LogP contribution is 2.20. The topological polar surface area (TPSA) is 70.8 Å². The van der Waals surface area contributed by atoms with Crippen LogP contribution in [0.4, 0.5) is 0 Å². The number of esters is 1.